The van der Waals surface area contributed by atoms with Crippen LogP contribution >= 0.6 is 0 Å². The van der Waals surface area contributed by atoms with Gasteiger partial charge < -0.3 is 10.1 Å². The monoisotopic (exact) mass is 461 g/mol. The molecule has 0 spiro atoms. The Morgan fingerprint density at radius 1 is 1.09 bits per heavy atom. The lowest BCUT2D eigenvalue weighted by Crippen LogP contribution is -2.36. The first-order valence-corrected chi connectivity index (χ1v) is 11.4. The van der Waals surface area contributed by atoms with E-state index >= 15 is 0 Å². The number of anilines is 1. The fourth-order valence-electron chi connectivity index (χ4n) is 3.66. The van der Waals surface area contributed by atoms with E-state index in [1.807, 2.05) is 75.0 Å². The van der Waals surface area contributed by atoms with Crippen molar-refractivity contribution in [2.75, 3.05) is 12.4 Å². The number of benzene rings is 2. The standard InChI is InChI=1S/C27H35N5O2/c1-17-9-14-24(34-8)23(15-17)29-26(28-16-22-18(2)31-32(7)19(22)3)30-25(33)20-10-12-21(13-11-20)27(4,5)6/h9-15H,16H2,1-8H3,(H2,28,29,30,33). The maximum Gasteiger partial charge on any atom is 0.257 e. The summed E-state index contributed by atoms with van der Waals surface area (Å²) in [7, 11) is 3.53. The number of carbonyl (C=O) groups is 1. The lowest BCUT2D eigenvalue weighted by Gasteiger charge is -2.19. The molecule has 3 rings (SSSR count). The van der Waals surface area contributed by atoms with Crippen LogP contribution in [0.1, 0.15) is 59.2 Å². The molecule has 2 aromatic carbocycles. The molecule has 3 aromatic rings. The van der Waals surface area contributed by atoms with Crippen LogP contribution in [0.3, 0.4) is 0 Å². The minimum atomic E-state index is -0.238. The summed E-state index contributed by atoms with van der Waals surface area (Å²) in [4.78, 5) is 17.8. The zero-order chi connectivity index (χ0) is 25.0. The van der Waals surface area contributed by atoms with Crippen molar-refractivity contribution < 1.29 is 9.53 Å². The molecule has 7 heteroatoms. The summed E-state index contributed by atoms with van der Waals surface area (Å²) in [6.07, 6.45) is 0. The van der Waals surface area contributed by atoms with Crippen molar-refractivity contribution in [3.05, 3.63) is 76.1 Å². The van der Waals surface area contributed by atoms with E-state index in [0.29, 0.717) is 23.8 Å². The Bertz CT molecular complexity index is 1200. The molecule has 0 atom stereocenters. The van der Waals surface area contributed by atoms with Gasteiger partial charge in [0.2, 0.25) is 5.96 Å². The Hall–Kier alpha value is -3.61. The van der Waals surface area contributed by atoms with E-state index in [1.54, 1.807) is 7.11 Å². The van der Waals surface area contributed by atoms with E-state index in [0.717, 1.165) is 28.2 Å². The predicted octanol–water partition coefficient (Wildman–Crippen LogP) is 5.05. The van der Waals surface area contributed by atoms with Crippen molar-refractivity contribution in [1.29, 1.82) is 0 Å². The van der Waals surface area contributed by atoms with Gasteiger partial charge >= 0.3 is 0 Å². The number of nitrogens with one attached hydrogen (secondary N) is 2. The third kappa shape index (κ3) is 5.84. The van der Waals surface area contributed by atoms with Crippen molar-refractivity contribution in [2.45, 2.75) is 53.5 Å². The van der Waals surface area contributed by atoms with Crippen molar-refractivity contribution >= 4 is 17.6 Å². The van der Waals surface area contributed by atoms with E-state index in [1.165, 1.54) is 5.56 Å². The van der Waals surface area contributed by atoms with E-state index < -0.39 is 0 Å². The minimum Gasteiger partial charge on any atom is -0.495 e. The van der Waals surface area contributed by atoms with Crippen LogP contribution in [0.4, 0.5) is 5.69 Å². The maximum atomic E-state index is 13.1. The largest absolute Gasteiger partial charge is 0.495 e. The summed E-state index contributed by atoms with van der Waals surface area (Å²) in [6.45, 7) is 12.8. The number of rotatable bonds is 5. The number of hydrogen-bond acceptors (Lipinski definition) is 4. The van der Waals surface area contributed by atoms with Gasteiger partial charge in [-0.15, -0.1) is 0 Å². The molecule has 1 aromatic heterocycles. The molecule has 2 N–H and O–H groups in total. The van der Waals surface area contributed by atoms with Crippen molar-refractivity contribution in [1.82, 2.24) is 15.1 Å². The van der Waals surface area contributed by atoms with E-state index in [-0.39, 0.29) is 11.3 Å². The van der Waals surface area contributed by atoms with Crippen molar-refractivity contribution in [2.24, 2.45) is 12.0 Å². The predicted molar refractivity (Wildman–Crippen MR) is 138 cm³/mol. The number of aryl methyl sites for hydroxylation is 3. The number of hydrogen-bond donors (Lipinski definition) is 2. The van der Waals surface area contributed by atoms with Crippen LogP contribution in [0.5, 0.6) is 5.75 Å². The molecular formula is C27H35N5O2. The molecule has 0 aliphatic heterocycles. The Balaban J connectivity index is 1.91. The van der Waals surface area contributed by atoms with E-state index in [2.05, 4.69) is 36.5 Å². The molecule has 7 nitrogen and oxygen atoms in total. The molecule has 0 aliphatic rings. The highest BCUT2D eigenvalue weighted by molar-refractivity contribution is 6.10. The van der Waals surface area contributed by atoms with Gasteiger partial charge in [0.25, 0.3) is 5.91 Å². The third-order valence-corrected chi connectivity index (χ3v) is 5.91. The van der Waals surface area contributed by atoms with Gasteiger partial charge in [-0.1, -0.05) is 39.0 Å². The topological polar surface area (TPSA) is 80.5 Å². The second-order valence-electron chi connectivity index (χ2n) is 9.55. The van der Waals surface area contributed by atoms with Gasteiger partial charge in [-0.3, -0.25) is 14.8 Å². The summed E-state index contributed by atoms with van der Waals surface area (Å²) >= 11 is 0. The highest BCUT2D eigenvalue weighted by Gasteiger charge is 2.16. The van der Waals surface area contributed by atoms with Crippen LogP contribution < -0.4 is 15.4 Å². The molecule has 1 heterocycles. The van der Waals surface area contributed by atoms with Gasteiger partial charge in [-0.2, -0.15) is 5.10 Å². The molecule has 0 bridgehead atoms. The van der Waals surface area contributed by atoms with Crippen LogP contribution in [-0.2, 0) is 19.0 Å². The van der Waals surface area contributed by atoms with Gasteiger partial charge in [-0.05, 0) is 61.6 Å². The number of carbonyl (C=O) groups excluding carboxylic acids is 1. The van der Waals surface area contributed by atoms with Crippen molar-refractivity contribution in [3.63, 3.8) is 0 Å². The van der Waals surface area contributed by atoms with Crippen LogP contribution in [0.25, 0.3) is 0 Å². The lowest BCUT2D eigenvalue weighted by molar-refractivity contribution is 0.0977. The summed E-state index contributed by atoms with van der Waals surface area (Å²) in [6, 6.07) is 13.5. The number of guanidine groups is 1. The first-order chi connectivity index (χ1) is 16.0. The summed E-state index contributed by atoms with van der Waals surface area (Å²) in [5.41, 5.74) is 6.52. The molecule has 180 valence electrons. The summed E-state index contributed by atoms with van der Waals surface area (Å²) in [5, 5.41) is 10.7. The van der Waals surface area contributed by atoms with Gasteiger partial charge in [0.1, 0.15) is 5.75 Å². The first kappa shape index (κ1) is 25.0. The second kappa shape index (κ2) is 10.1. The van der Waals surface area contributed by atoms with E-state index in [9.17, 15) is 4.79 Å². The normalized spacial score (nSPS) is 11.9. The molecule has 34 heavy (non-hydrogen) atoms. The number of ether oxygens (including phenoxy) is 1. The number of amides is 1. The van der Waals surface area contributed by atoms with Crippen molar-refractivity contribution in [3.8, 4) is 5.75 Å². The highest BCUT2D eigenvalue weighted by atomic mass is 16.5. The molecule has 0 fully saturated rings. The zero-order valence-electron chi connectivity index (χ0n) is 21.4. The first-order valence-electron chi connectivity index (χ1n) is 11.4. The highest BCUT2D eigenvalue weighted by Crippen LogP contribution is 2.25. The average Bonchev–Trinajstić information content (AvgIpc) is 3.02. The van der Waals surface area contributed by atoms with Gasteiger partial charge in [0, 0.05) is 23.9 Å². The molecule has 0 aliphatic carbocycles. The maximum absolute atomic E-state index is 13.1. The third-order valence-electron chi connectivity index (χ3n) is 5.91. The fourth-order valence-corrected chi connectivity index (χ4v) is 3.66. The number of aliphatic imine (C=N–C) groups is 1. The van der Waals surface area contributed by atoms with Crippen LogP contribution in [-0.4, -0.2) is 28.8 Å². The van der Waals surface area contributed by atoms with Crippen LogP contribution in [0.2, 0.25) is 0 Å². The lowest BCUT2D eigenvalue weighted by atomic mass is 9.87. The quantitative estimate of drug-likeness (QED) is 0.412. The SMILES string of the molecule is COc1ccc(C)cc1NC(=NCc1c(C)nn(C)c1C)NC(=O)c1ccc(C(C)(C)C)cc1. The Labute approximate surface area is 202 Å². The number of aromatic nitrogens is 2. The molecule has 0 saturated carbocycles. The summed E-state index contributed by atoms with van der Waals surface area (Å²) in [5.74, 6) is 0.769. The summed E-state index contributed by atoms with van der Waals surface area (Å²) < 4.78 is 7.34. The van der Waals surface area contributed by atoms with Gasteiger partial charge in [0.05, 0.1) is 25.0 Å². The molecule has 0 saturated heterocycles. The smallest absolute Gasteiger partial charge is 0.257 e. The molecule has 0 radical (unpaired) electrons. The Morgan fingerprint density at radius 3 is 2.32 bits per heavy atom. The Morgan fingerprint density at radius 2 is 1.76 bits per heavy atom. The zero-order valence-corrected chi connectivity index (χ0v) is 21.4. The van der Waals surface area contributed by atoms with Gasteiger partial charge in [-0.25, -0.2) is 4.99 Å². The molecule has 0 unspecified atom stereocenters. The molecular weight excluding hydrogens is 426 g/mol. The molecule has 1 amide bonds. The Kier molecular flexibility index (Phi) is 7.44. The number of nitrogens with zero attached hydrogens (tertiary/aromatic N) is 3. The van der Waals surface area contributed by atoms with Crippen LogP contribution in [0.15, 0.2) is 47.5 Å². The van der Waals surface area contributed by atoms with Gasteiger partial charge in [0.15, 0.2) is 0 Å². The minimum absolute atomic E-state index is 0.0182. The fraction of sp³-hybridized carbons (Fsp3) is 0.370. The second-order valence-corrected chi connectivity index (χ2v) is 9.55. The average molecular weight is 462 g/mol. The number of methoxy groups -OCH3 is 1. The van der Waals surface area contributed by atoms with Crippen LogP contribution in [0, 0.1) is 20.8 Å². The van der Waals surface area contributed by atoms with E-state index in [4.69, 9.17) is 9.73 Å².